The van der Waals surface area contributed by atoms with Crippen LogP contribution in [0, 0.1) is 11.7 Å². The number of halogens is 1. The van der Waals surface area contributed by atoms with E-state index in [1.807, 2.05) is 4.90 Å². The second-order valence-electron chi connectivity index (χ2n) is 6.90. The molecule has 1 aromatic rings. The molecule has 0 spiro atoms. The molecule has 2 aliphatic rings. The summed E-state index contributed by atoms with van der Waals surface area (Å²) < 4.78 is 19.1. The van der Waals surface area contributed by atoms with Crippen molar-refractivity contribution in [3.8, 4) is 5.75 Å². The Morgan fingerprint density at radius 2 is 1.73 bits per heavy atom. The number of piperidine rings is 2. The molecule has 0 atom stereocenters. The Morgan fingerprint density at radius 1 is 1.08 bits per heavy atom. The topological polar surface area (TPSA) is 49.9 Å². The van der Waals surface area contributed by atoms with Crippen LogP contribution < -0.4 is 4.74 Å². The maximum atomic E-state index is 13.2. The van der Waals surface area contributed by atoms with Crippen molar-refractivity contribution >= 4 is 11.8 Å². The molecule has 3 rings (SSSR count). The SMILES string of the molecule is C=CC(=O)N1CCC(C(=O)N2CCC(Oc3cccc(F)c3)CC2)CC1. The summed E-state index contributed by atoms with van der Waals surface area (Å²) in [6, 6.07) is 6.16. The molecule has 0 aliphatic carbocycles. The predicted octanol–water partition coefficient (Wildman–Crippen LogP) is 2.62. The molecule has 140 valence electrons. The summed E-state index contributed by atoms with van der Waals surface area (Å²) in [5.74, 6) is 0.334. The molecule has 2 fully saturated rings. The molecule has 0 unspecified atom stereocenters. The monoisotopic (exact) mass is 360 g/mol. The molecule has 0 radical (unpaired) electrons. The average molecular weight is 360 g/mol. The van der Waals surface area contributed by atoms with Gasteiger partial charge in [-0.3, -0.25) is 9.59 Å². The van der Waals surface area contributed by atoms with E-state index in [1.165, 1.54) is 18.2 Å². The standard InChI is InChI=1S/C20H25FN2O3/c1-2-19(24)22-10-6-15(7-11-22)20(25)23-12-8-17(9-13-23)26-18-5-3-4-16(21)14-18/h2-5,14-15,17H,1,6-13H2. The number of carbonyl (C=O) groups excluding carboxylic acids is 2. The molecule has 26 heavy (non-hydrogen) atoms. The summed E-state index contributed by atoms with van der Waals surface area (Å²) in [6.45, 7) is 6.04. The van der Waals surface area contributed by atoms with Crippen LogP contribution in [0.4, 0.5) is 4.39 Å². The lowest BCUT2D eigenvalue weighted by atomic mass is 9.94. The first-order valence-electron chi connectivity index (χ1n) is 9.19. The molecule has 0 bridgehead atoms. The van der Waals surface area contributed by atoms with Gasteiger partial charge in [0.05, 0.1) is 0 Å². The molecule has 0 saturated carbocycles. The Kier molecular flexibility index (Phi) is 5.91. The fourth-order valence-corrected chi connectivity index (χ4v) is 3.66. The van der Waals surface area contributed by atoms with Gasteiger partial charge in [-0.05, 0) is 31.1 Å². The third-order valence-electron chi connectivity index (χ3n) is 5.18. The van der Waals surface area contributed by atoms with E-state index >= 15 is 0 Å². The molecule has 2 amide bonds. The van der Waals surface area contributed by atoms with Gasteiger partial charge in [0.15, 0.2) is 0 Å². The molecule has 2 saturated heterocycles. The van der Waals surface area contributed by atoms with Gasteiger partial charge in [-0.2, -0.15) is 0 Å². The maximum absolute atomic E-state index is 13.2. The average Bonchev–Trinajstić information content (AvgIpc) is 2.67. The van der Waals surface area contributed by atoms with E-state index in [0.717, 1.165) is 12.8 Å². The van der Waals surface area contributed by atoms with Gasteiger partial charge in [-0.15, -0.1) is 0 Å². The van der Waals surface area contributed by atoms with Crippen LogP contribution in [-0.2, 0) is 9.59 Å². The second kappa shape index (κ2) is 8.34. The molecule has 6 heteroatoms. The number of ether oxygens (including phenoxy) is 1. The summed E-state index contributed by atoms with van der Waals surface area (Å²) in [7, 11) is 0. The van der Waals surface area contributed by atoms with Crippen LogP contribution in [0.1, 0.15) is 25.7 Å². The van der Waals surface area contributed by atoms with Crippen LogP contribution in [-0.4, -0.2) is 53.9 Å². The largest absolute Gasteiger partial charge is 0.490 e. The van der Waals surface area contributed by atoms with Gasteiger partial charge in [-0.25, -0.2) is 4.39 Å². The van der Waals surface area contributed by atoms with Gasteiger partial charge < -0.3 is 14.5 Å². The highest BCUT2D eigenvalue weighted by molar-refractivity contribution is 5.87. The minimum atomic E-state index is -0.309. The van der Waals surface area contributed by atoms with Gasteiger partial charge in [-0.1, -0.05) is 12.6 Å². The fourth-order valence-electron chi connectivity index (χ4n) is 3.66. The number of hydrogen-bond acceptors (Lipinski definition) is 3. The second-order valence-corrected chi connectivity index (χ2v) is 6.90. The van der Waals surface area contributed by atoms with Crippen LogP contribution in [0.2, 0.25) is 0 Å². The number of hydrogen-bond donors (Lipinski definition) is 0. The summed E-state index contributed by atoms with van der Waals surface area (Å²) in [6.07, 6.45) is 4.24. The molecule has 1 aromatic carbocycles. The van der Waals surface area contributed by atoms with E-state index < -0.39 is 0 Å². The van der Waals surface area contributed by atoms with E-state index in [2.05, 4.69) is 6.58 Å². The maximum Gasteiger partial charge on any atom is 0.245 e. The predicted molar refractivity (Wildman–Crippen MR) is 96.1 cm³/mol. The highest BCUT2D eigenvalue weighted by Crippen LogP contribution is 2.24. The van der Waals surface area contributed by atoms with E-state index in [9.17, 15) is 14.0 Å². The minimum Gasteiger partial charge on any atom is -0.490 e. The van der Waals surface area contributed by atoms with Crippen LogP contribution in [0.15, 0.2) is 36.9 Å². The molecular formula is C20H25FN2O3. The Balaban J connectivity index is 1.45. The first kappa shape index (κ1) is 18.4. The number of benzene rings is 1. The Labute approximate surface area is 153 Å². The third-order valence-corrected chi connectivity index (χ3v) is 5.18. The molecule has 5 nitrogen and oxygen atoms in total. The van der Waals surface area contributed by atoms with E-state index in [4.69, 9.17) is 4.74 Å². The number of rotatable bonds is 4. The number of carbonyl (C=O) groups is 2. The van der Waals surface area contributed by atoms with Crippen LogP contribution in [0.25, 0.3) is 0 Å². The van der Waals surface area contributed by atoms with Crippen molar-refractivity contribution < 1.29 is 18.7 Å². The summed E-state index contributed by atoms with van der Waals surface area (Å²) in [5.41, 5.74) is 0. The lowest BCUT2D eigenvalue weighted by Gasteiger charge is -2.37. The highest BCUT2D eigenvalue weighted by atomic mass is 19.1. The van der Waals surface area contributed by atoms with Gasteiger partial charge in [0, 0.05) is 51.0 Å². The van der Waals surface area contributed by atoms with E-state index in [1.54, 1.807) is 17.0 Å². The Bertz CT molecular complexity index is 663. The zero-order valence-electron chi connectivity index (χ0n) is 14.9. The van der Waals surface area contributed by atoms with Gasteiger partial charge in [0.2, 0.25) is 11.8 Å². The summed E-state index contributed by atoms with van der Waals surface area (Å²) >= 11 is 0. The molecule has 0 N–H and O–H groups in total. The van der Waals surface area contributed by atoms with E-state index in [-0.39, 0.29) is 29.7 Å². The molecule has 2 aliphatic heterocycles. The van der Waals surface area contributed by atoms with Crippen molar-refractivity contribution in [1.29, 1.82) is 0 Å². The first-order valence-corrected chi connectivity index (χ1v) is 9.19. The van der Waals surface area contributed by atoms with Crippen LogP contribution in [0.3, 0.4) is 0 Å². The van der Waals surface area contributed by atoms with Gasteiger partial charge in [0.1, 0.15) is 17.7 Å². The quantitative estimate of drug-likeness (QED) is 0.776. The van der Waals surface area contributed by atoms with Gasteiger partial charge >= 0.3 is 0 Å². The fraction of sp³-hybridized carbons (Fsp3) is 0.500. The van der Waals surface area contributed by atoms with Crippen LogP contribution in [0.5, 0.6) is 5.75 Å². The molecule has 0 aromatic heterocycles. The third kappa shape index (κ3) is 4.42. The normalized spacial score (nSPS) is 19.3. The van der Waals surface area contributed by atoms with Crippen molar-refractivity contribution in [3.63, 3.8) is 0 Å². The van der Waals surface area contributed by atoms with Crippen molar-refractivity contribution in [3.05, 3.63) is 42.7 Å². The van der Waals surface area contributed by atoms with Crippen molar-refractivity contribution in [2.45, 2.75) is 31.8 Å². The zero-order valence-corrected chi connectivity index (χ0v) is 14.9. The zero-order chi connectivity index (χ0) is 18.5. The number of likely N-dealkylation sites (tertiary alicyclic amines) is 2. The number of amides is 2. The first-order chi connectivity index (χ1) is 12.6. The Hall–Kier alpha value is -2.37. The van der Waals surface area contributed by atoms with Crippen LogP contribution >= 0.6 is 0 Å². The lowest BCUT2D eigenvalue weighted by Crippen LogP contribution is -2.47. The molecule has 2 heterocycles. The van der Waals surface area contributed by atoms with Crippen molar-refractivity contribution in [2.75, 3.05) is 26.2 Å². The van der Waals surface area contributed by atoms with E-state index in [0.29, 0.717) is 44.8 Å². The lowest BCUT2D eigenvalue weighted by molar-refractivity contribution is -0.140. The number of nitrogens with zero attached hydrogens (tertiary/aromatic N) is 2. The summed E-state index contributed by atoms with van der Waals surface area (Å²) in [5, 5.41) is 0. The smallest absolute Gasteiger partial charge is 0.245 e. The minimum absolute atomic E-state index is 0.00732. The van der Waals surface area contributed by atoms with Gasteiger partial charge in [0.25, 0.3) is 0 Å². The summed E-state index contributed by atoms with van der Waals surface area (Å²) in [4.78, 5) is 28.0. The Morgan fingerprint density at radius 3 is 2.35 bits per heavy atom. The highest BCUT2D eigenvalue weighted by Gasteiger charge is 2.32. The van der Waals surface area contributed by atoms with Crippen molar-refractivity contribution in [2.24, 2.45) is 5.92 Å². The molecular weight excluding hydrogens is 335 g/mol. The van der Waals surface area contributed by atoms with Crippen molar-refractivity contribution in [1.82, 2.24) is 9.80 Å².